The Kier molecular flexibility index (Phi) is 6.84. The molecular formula is C31H32BrNO5. The van der Waals surface area contributed by atoms with Crippen LogP contribution in [0.25, 0.3) is 0 Å². The first-order valence-corrected chi connectivity index (χ1v) is 13.7. The van der Waals surface area contributed by atoms with Crippen LogP contribution in [0.2, 0.25) is 0 Å². The van der Waals surface area contributed by atoms with Crippen LogP contribution in [0.5, 0.6) is 5.75 Å². The second-order valence-corrected chi connectivity index (χ2v) is 12.9. The Morgan fingerprint density at radius 2 is 1.50 bits per heavy atom. The summed E-state index contributed by atoms with van der Waals surface area (Å²) in [5, 5.41) is 2.83. The molecule has 0 atom stereocenters. The highest BCUT2D eigenvalue weighted by atomic mass is 79.9. The molecule has 0 radical (unpaired) electrons. The van der Waals surface area contributed by atoms with Gasteiger partial charge in [-0.15, -0.1) is 0 Å². The number of allylic oxidation sites excluding steroid dienone is 4. The van der Waals surface area contributed by atoms with Gasteiger partial charge in [-0.3, -0.25) is 14.4 Å². The fourth-order valence-corrected chi connectivity index (χ4v) is 6.10. The van der Waals surface area contributed by atoms with E-state index in [0.717, 1.165) is 4.47 Å². The summed E-state index contributed by atoms with van der Waals surface area (Å²) in [7, 11) is 0. The maximum absolute atomic E-state index is 13.6. The second kappa shape index (κ2) is 9.84. The Morgan fingerprint density at radius 1 is 0.921 bits per heavy atom. The molecular weight excluding hydrogens is 546 g/mol. The molecule has 3 aliphatic rings. The van der Waals surface area contributed by atoms with Crippen molar-refractivity contribution < 1.29 is 23.9 Å². The van der Waals surface area contributed by atoms with E-state index < -0.39 is 5.92 Å². The SMILES string of the molecule is CC1(C)CC(=O)C2=C(C1)OC1=C(C(=O)CC(C)(C)C1)C2c1cc(Br)ccc1OCC(=O)Nc1ccccc1. The van der Waals surface area contributed by atoms with Crippen molar-refractivity contribution in [3.63, 3.8) is 0 Å². The molecule has 0 spiro atoms. The lowest BCUT2D eigenvalue weighted by Crippen LogP contribution is -2.37. The van der Waals surface area contributed by atoms with E-state index in [1.807, 2.05) is 30.3 Å². The minimum atomic E-state index is -0.606. The predicted molar refractivity (Wildman–Crippen MR) is 149 cm³/mol. The predicted octanol–water partition coefficient (Wildman–Crippen LogP) is 6.87. The largest absolute Gasteiger partial charge is 0.483 e. The van der Waals surface area contributed by atoms with Gasteiger partial charge in [0.05, 0.1) is 5.92 Å². The van der Waals surface area contributed by atoms with Gasteiger partial charge in [0.1, 0.15) is 17.3 Å². The number of hydrogen-bond donors (Lipinski definition) is 1. The van der Waals surface area contributed by atoms with Crippen molar-refractivity contribution in [3.05, 3.63) is 81.2 Å². The lowest BCUT2D eigenvalue weighted by molar-refractivity contribution is -0.121. The van der Waals surface area contributed by atoms with E-state index in [1.54, 1.807) is 18.2 Å². The third-order valence-corrected chi connectivity index (χ3v) is 7.77. The molecule has 2 aromatic rings. The highest BCUT2D eigenvalue weighted by Gasteiger charge is 2.48. The van der Waals surface area contributed by atoms with E-state index in [-0.39, 0.29) is 34.9 Å². The van der Waals surface area contributed by atoms with E-state index >= 15 is 0 Å². The van der Waals surface area contributed by atoms with Crippen LogP contribution in [0.15, 0.2) is 75.7 Å². The number of Topliss-reactive ketones (excluding diaryl/α,β-unsaturated/α-hetero) is 2. The number of anilines is 1. The summed E-state index contributed by atoms with van der Waals surface area (Å²) in [6.45, 7) is 8.03. The first-order chi connectivity index (χ1) is 17.9. The molecule has 6 nitrogen and oxygen atoms in total. The maximum atomic E-state index is 13.6. The van der Waals surface area contributed by atoms with E-state index in [0.29, 0.717) is 65.3 Å². The average Bonchev–Trinajstić information content (AvgIpc) is 2.81. The van der Waals surface area contributed by atoms with Crippen LogP contribution in [0.3, 0.4) is 0 Å². The number of benzene rings is 2. The Hall–Kier alpha value is -3.19. The Balaban J connectivity index is 1.55. The standard InChI is InChI=1S/C31H32BrNO5/c1-30(2)13-21(34)28-24(15-30)38-25-16-31(3,4)14-22(35)29(25)27(28)20-12-18(32)10-11-23(20)37-17-26(36)33-19-8-6-5-7-9-19/h5-12,27H,13-17H2,1-4H3,(H,33,36). The maximum Gasteiger partial charge on any atom is 0.262 e. The molecule has 1 heterocycles. The third-order valence-electron chi connectivity index (χ3n) is 7.28. The molecule has 7 heteroatoms. The van der Waals surface area contributed by atoms with Crippen LogP contribution in [-0.4, -0.2) is 24.1 Å². The van der Waals surface area contributed by atoms with Gasteiger partial charge in [-0.2, -0.15) is 0 Å². The molecule has 1 N–H and O–H groups in total. The lowest BCUT2D eigenvalue weighted by Gasteiger charge is -2.43. The van der Waals surface area contributed by atoms with Gasteiger partial charge in [-0.25, -0.2) is 0 Å². The topological polar surface area (TPSA) is 81.7 Å². The lowest BCUT2D eigenvalue weighted by atomic mass is 9.65. The number of ether oxygens (including phenoxy) is 2. The number of carbonyl (C=O) groups excluding carboxylic acids is 3. The molecule has 0 aromatic heterocycles. The minimum absolute atomic E-state index is 0.0156. The minimum Gasteiger partial charge on any atom is -0.483 e. The molecule has 0 bridgehead atoms. The number of amides is 1. The van der Waals surface area contributed by atoms with Crippen LogP contribution in [-0.2, 0) is 19.1 Å². The fraction of sp³-hybridized carbons (Fsp3) is 0.387. The zero-order valence-corrected chi connectivity index (χ0v) is 23.7. The normalized spacial score (nSPS) is 20.4. The number of rotatable bonds is 5. The van der Waals surface area contributed by atoms with Gasteiger partial charge in [-0.1, -0.05) is 61.8 Å². The average molecular weight is 579 g/mol. The van der Waals surface area contributed by atoms with Gasteiger partial charge in [0, 0.05) is 52.6 Å². The van der Waals surface area contributed by atoms with Crippen molar-refractivity contribution in [3.8, 4) is 5.75 Å². The summed E-state index contributed by atoms with van der Waals surface area (Å²) >= 11 is 3.56. The number of para-hydroxylation sites is 1. The number of hydrogen-bond acceptors (Lipinski definition) is 5. The van der Waals surface area contributed by atoms with Gasteiger partial charge in [0.15, 0.2) is 18.2 Å². The van der Waals surface area contributed by atoms with Crippen LogP contribution >= 0.6 is 15.9 Å². The molecule has 0 unspecified atom stereocenters. The van der Waals surface area contributed by atoms with Crippen LogP contribution < -0.4 is 10.1 Å². The molecule has 38 heavy (non-hydrogen) atoms. The third kappa shape index (κ3) is 5.35. The van der Waals surface area contributed by atoms with Crippen LogP contribution in [0.1, 0.15) is 64.9 Å². The Labute approximate surface area is 231 Å². The van der Waals surface area contributed by atoms with E-state index in [4.69, 9.17) is 9.47 Å². The highest BCUT2D eigenvalue weighted by Crippen LogP contribution is 2.54. The van der Waals surface area contributed by atoms with Gasteiger partial charge in [0.2, 0.25) is 0 Å². The highest BCUT2D eigenvalue weighted by molar-refractivity contribution is 9.10. The molecule has 2 aromatic carbocycles. The number of ketones is 2. The number of halogens is 1. The molecule has 198 valence electrons. The molecule has 1 amide bonds. The summed E-state index contributed by atoms with van der Waals surface area (Å²) < 4.78 is 13.2. The van der Waals surface area contributed by atoms with Crippen molar-refractivity contribution in [2.45, 2.75) is 59.3 Å². The van der Waals surface area contributed by atoms with Crippen LogP contribution in [0.4, 0.5) is 5.69 Å². The van der Waals surface area contributed by atoms with Crippen molar-refractivity contribution in [2.24, 2.45) is 10.8 Å². The summed E-state index contributed by atoms with van der Waals surface area (Å²) in [5.41, 5.74) is 1.95. The summed E-state index contributed by atoms with van der Waals surface area (Å²) in [4.78, 5) is 39.9. The fourth-order valence-electron chi connectivity index (χ4n) is 5.72. The Morgan fingerprint density at radius 3 is 2.08 bits per heavy atom. The molecule has 0 saturated carbocycles. The van der Waals surface area contributed by atoms with Gasteiger partial charge in [0.25, 0.3) is 5.91 Å². The summed E-state index contributed by atoms with van der Waals surface area (Å²) in [6.07, 6.45) is 1.97. The first kappa shape index (κ1) is 26.4. The second-order valence-electron chi connectivity index (χ2n) is 12.0. The molecule has 1 aliphatic heterocycles. The molecule has 0 saturated heterocycles. The van der Waals surface area contributed by atoms with Crippen molar-refractivity contribution in [1.29, 1.82) is 0 Å². The summed E-state index contributed by atoms with van der Waals surface area (Å²) in [5.74, 6) is 0.809. The number of nitrogens with one attached hydrogen (secondary N) is 1. The van der Waals surface area contributed by atoms with Crippen LogP contribution in [0, 0.1) is 10.8 Å². The quantitative estimate of drug-likeness (QED) is 0.419. The smallest absolute Gasteiger partial charge is 0.262 e. The number of carbonyl (C=O) groups is 3. The summed E-state index contributed by atoms with van der Waals surface area (Å²) in [6, 6.07) is 14.7. The van der Waals surface area contributed by atoms with E-state index in [2.05, 4.69) is 48.9 Å². The molecule has 0 fully saturated rings. The van der Waals surface area contributed by atoms with E-state index in [9.17, 15) is 14.4 Å². The van der Waals surface area contributed by atoms with Gasteiger partial charge in [-0.05, 0) is 41.2 Å². The first-order valence-electron chi connectivity index (χ1n) is 12.9. The van der Waals surface area contributed by atoms with E-state index in [1.165, 1.54) is 0 Å². The zero-order chi connectivity index (χ0) is 27.2. The van der Waals surface area contributed by atoms with Crippen molar-refractivity contribution >= 4 is 39.1 Å². The van der Waals surface area contributed by atoms with Gasteiger partial charge >= 0.3 is 0 Å². The van der Waals surface area contributed by atoms with Crippen molar-refractivity contribution in [1.82, 2.24) is 0 Å². The van der Waals surface area contributed by atoms with Crippen molar-refractivity contribution in [2.75, 3.05) is 11.9 Å². The Bertz CT molecular complexity index is 1330. The van der Waals surface area contributed by atoms with Gasteiger partial charge < -0.3 is 14.8 Å². The molecule has 2 aliphatic carbocycles. The monoisotopic (exact) mass is 577 g/mol. The molecule has 5 rings (SSSR count). The zero-order valence-electron chi connectivity index (χ0n) is 22.2.